The number of carbonyl (C=O) groups excluding carboxylic acids is 1. The Morgan fingerprint density at radius 3 is 2.36 bits per heavy atom. The summed E-state index contributed by atoms with van der Waals surface area (Å²) in [6, 6.07) is 14.9. The van der Waals surface area contributed by atoms with Gasteiger partial charge in [0.2, 0.25) is 0 Å². The van der Waals surface area contributed by atoms with Crippen LogP contribution in [-0.4, -0.2) is 43.7 Å². The maximum atomic E-state index is 13.1. The summed E-state index contributed by atoms with van der Waals surface area (Å²) < 4.78 is 13.1. The Kier molecular flexibility index (Phi) is 4.30. The number of para-hydroxylation sites is 1. The second-order valence-electron chi connectivity index (χ2n) is 6.62. The summed E-state index contributed by atoms with van der Waals surface area (Å²) in [5, 5.41) is 0. The van der Waals surface area contributed by atoms with Crippen molar-refractivity contribution in [2.45, 2.75) is 12.8 Å². The molecular formula is C20H22FN3O. The number of hydrogen-bond donors (Lipinski definition) is 0. The number of aryl methyl sites for hydroxylation is 1. The van der Waals surface area contributed by atoms with Crippen molar-refractivity contribution in [1.82, 2.24) is 4.90 Å². The fraction of sp³-hybridized carbons (Fsp3) is 0.350. The zero-order valence-electron chi connectivity index (χ0n) is 14.2. The molecule has 4 nitrogen and oxygen atoms in total. The summed E-state index contributed by atoms with van der Waals surface area (Å²) in [7, 11) is 0. The monoisotopic (exact) mass is 339 g/mol. The number of nitrogens with zero attached hydrogens (tertiary/aromatic N) is 3. The molecule has 0 unspecified atom stereocenters. The average Bonchev–Trinajstić information content (AvgIpc) is 2.68. The molecule has 0 bridgehead atoms. The second-order valence-corrected chi connectivity index (χ2v) is 6.62. The number of rotatable bonds is 1. The van der Waals surface area contributed by atoms with E-state index < -0.39 is 0 Å². The van der Waals surface area contributed by atoms with Crippen LogP contribution in [0.2, 0.25) is 0 Å². The maximum absolute atomic E-state index is 13.1. The molecule has 0 aromatic heterocycles. The van der Waals surface area contributed by atoms with E-state index >= 15 is 0 Å². The van der Waals surface area contributed by atoms with Crippen molar-refractivity contribution in [3.8, 4) is 0 Å². The normalized spacial score (nSPS) is 17.4. The fourth-order valence-corrected chi connectivity index (χ4v) is 3.71. The SMILES string of the molecule is O=C(N1CCN(c2ccc(F)cc2)CC1)N1CCCc2ccccc21. The largest absolute Gasteiger partial charge is 0.368 e. The summed E-state index contributed by atoms with van der Waals surface area (Å²) in [4.78, 5) is 19.0. The first-order valence-corrected chi connectivity index (χ1v) is 8.87. The molecule has 25 heavy (non-hydrogen) atoms. The highest BCUT2D eigenvalue weighted by molar-refractivity contribution is 5.93. The lowest BCUT2D eigenvalue weighted by atomic mass is 10.0. The van der Waals surface area contributed by atoms with Crippen LogP contribution in [0.25, 0.3) is 0 Å². The van der Waals surface area contributed by atoms with Crippen LogP contribution in [0.1, 0.15) is 12.0 Å². The number of anilines is 2. The van der Waals surface area contributed by atoms with Gasteiger partial charge in [-0.2, -0.15) is 0 Å². The van der Waals surface area contributed by atoms with Crippen molar-refractivity contribution in [3.63, 3.8) is 0 Å². The van der Waals surface area contributed by atoms with E-state index in [1.165, 1.54) is 17.7 Å². The molecule has 1 saturated heterocycles. The highest BCUT2D eigenvalue weighted by Crippen LogP contribution is 2.28. The smallest absolute Gasteiger partial charge is 0.324 e. The molecule has 0 radical (unpaired) electrons. The summed E-state index contributed by atoms with van der Waals surface area (Å²) in [5.41, 5.74) is 3.32. The van der Waals surface area contributed by atoms with E-state index in [1.54, 1.807) is 12.1 Å². The third-order valence-electron chi connectivity index (χ3n) is 5.08. The molecule has 2 aromatic carbocycles. The van der Waals surface area contributed by atoms with Crippen LogP contribution in [0.5, 0.6) is 0 Å². The molecule has 2 aromatic rings. The van der Waals surface area contributed by atoms with Crippen molar-refractivity contribution in [2.24, 2.45) is 0 Å². The molecule has 2 amide bonds. The molecule has 2 heterocycles. The van der Waals surface area contributed by atoms with Gasteiger partial charge >= 0.3 is 6.03 Å². The standard InChI is InChI=1S/C20H22FN3O/c21-17-7-9-18(10-8-17)22-12-14-23(15-13-22)20(25)24-11-3-5-16-4-1-2-6-19(16)24/h1-2,4,6-10H,3,5,11-15H2. The van der Waals surface area contributed by atoms with Gasteiger partial charge in [0, 0.05) is 44.1 Å². The Morgan fingerprint density at radius 2 is 1.60 bits per heavy atom. The molecule has 1 fully saturated rings. The molecule has 0 aliphatic carbocycles. The molecular weight excluding hydrogens is 317 g/mol. The number of halogens is 1. The Hall–Kier alpha value is -2.56. The van der Waals surface area contributed by atoms with Crippen LogP contribution >= 0.6 is 0 Å². The molecule has 5 heteroatoms. The first-order valence-electron chi connectivity index (χ1n) is 8.87. The van der Waals surface area contributed by atoms with E-state index in [1.807, 2.05) is 28.0 Å². The molecule has 0 atom stereocenters. The van der Waals surface area contributed by atoms with Crippen LogP contribution in [0.15, 0.2) is 48.5 Å². The van der Waals surface area contributed by atoms with Gasteiger partial charge in [-0.25, -0.2) is 9.18 Å². The minimum absolute atomic E-state index is 0.103. The summed E-state index contributed by atoms with van der Waals surface area (Å²) in [6.45, 7) is 3.71. The minimum atomic E-state index is -0.221. The van der Waals surface area contributed by atoms with Crippen molar-refractivity contribution < 1.29 is 9.18 Å². The van der Waals surface area contributed by atoms with Crippen molar-refractivity contribution in [1.29, 1.82) is 0 Å². The number of amides is 2. The minimum Gasteiger partial charge on any atom is -0.368 e. The van der Waals surface area contributed by atoms with Gasteiger partial charge in [-0.3, -0.25) is 4.90 Å². The third kappa shape index (κ3) is 3.18. The number of carbonyl (C=O) groups is 1. The summed E-state index contributed by atoms with van der Waals surface area (Å²) >= 11 is 0. The topological polar surface area (TPSA) is 26.8 Å². The molecule has 2 aliphatic rings. The van der Waals surface area contributed by atoms with Crippen LogP contribution in [-0.2, 0) is 6.42 Å². The molecule has 4 rings (SSSR count). The van der Waals surface area contributed by atoms with E-state index in [0.717, 1.165) is 43.9 Å². The number of hydrogen-bond acceptors (Lipinski definition) is 2. The number of urea groups is 1. The Balaban J connectivity index is 1.43. The average molecular weight is 339 g/mol. The molecule has 2 aliphatic heterocycles. The zero-order valence-corrected chi connectivity index (χ0v) is 14.2. The quantitative estimate of drug-likeness (QED) is 0.795. The van der Waals surface area contributed by atoms with Gasteiger partial charge in [0.25, 0.3) is 0 Å². The van der Waals surface area contributed by atoms with Crippen LogP contribution in [0.3, 0.4) is 0 Å². The lowest BCUT2D eigenvalue weighted by molar-refractivity contribution is 0.200. The zero-order chi connectivity index (χ0) is 17.2. The lowest BCUT2D eigenvalue weighted by Crippen LogP contribution is -2.53. The van der Waals surface area contributed by atoms with Gasteiger partial charge in [-0.15, -0.1) is 0 Å². The van der Waals surface area contributed by atoms with Crippen LogP contribution < -0.4 is 9.80 Å². The van der Waals surface area contributed by atoms with Gasteiger partial charge in [0.15, 0.2) is 0 Å². The maximum Gasteiger partial charge on any atom is 0.324 e. The molecule has 0 saturated carbocycles. The third-order valence-corrected chi connectivity index (χ3v) is 5.08. The van der Waals surface area contributed by atoms with Crippen molar-refractivity contribution in [2.75, 3.05) is 42.5 Å². The first-order chi connectivity index (χ1) is 12.2. The molecule has 0 spiro atoms. The number of benzene rings is 2. The summed E-state index contributed by atoms with van der Waals surface area (Å²) in [6.07, 6.45) is 2.05. The highest BCUT2D eigenvalue weighted by atomic mass is 19.1. The van der Waals surface area contributed by atoms with Crippen molar-refractivity contribution >= 4 is 17.4 Å². The molecule has 130 valence electrons. The highest BCUT2D eigenvalue weighted by Gasteiger charge is 2.28. The Bertz CT molecular complexity index is 754. The van der Waals surface area contributed by atoms with E-state index in [9.17, 15) is 9.18 Å². The Labute approximate surface area is 147 Å². The van der Waals surface area contributed by atoms with Gasteiger partial charge < -0.3 is 9.80 Å². The van der Waals surface area contributed by atoms with E-state index in [4.69, 9.17) is 0 Å². The van der Waals surface area contributed by atoms with Gasteiger partial charge in [-0.05, 0) is 48.7 Å². The van der Waals surface area contributed by atoms with E-state index in [-0.39, 0.29) is 11.8 Å². The van der Waals surface area contributed by atoms with Crippen molar-refractivity contribution in [3.05, 3.63) is 59.9 Å². The summed E-state index contributed by atoms with van der Waals surface area (Å²) in [5.74, 6) is -0.221. The van der Waals surface area contributed by atoms with E-state index in [0.29, 0.717) is 13.1 Å². The number of fused-ring (bicyclic) bond motifs is 1. The van der Waals surface area contributed by atoms with Crippen LogP contribution in [0.4, 0.5) is 20.6 Å². The Morgan fingerprint density at radius 1 is 0.880 bits per heavy atom. The molecule has 0 N–H and O–H groups in total. The van der Waals surface area contributed by atoms with E-state index in [2.05, 4.69) is 11.0 Å². The fourth-order valence-electron chi connectivity index (χ4n) is 3.71. The second kappa shape index (κ2) is 6.75. The van der Waals surface area contributed by atoms with Gasteiger partial charge in [-0.1, -0.05) is 18.2 Å². The van der Waals surface area contributed by atoms with Gasteiger partial charge in [0.1, 0.15) is 5.82 Å². The predicted molar refractivity (Wildman–Crippen MR) is 97.7 cm³/mol. The lowest BCUT2D eigenvalue weighted by Gasteiger charge is -2.39. The van der Waals surface area contributed by atoms with Crippen LogP contribution in [0, 0.1) is 5.82 Å². The number of piperazine rings is 1. The first kappa shape index (κ1) is 15.9. The predicted octanol–water partition coefficient (Wildman–Crippen LogP) is 3.52. The van der Waals surface area contributed by atoms with Gasteiger partial charge in [0.05, 0.1) is 0 Å².